The van der Waals surface area contributed by atoms with Gasteiger partial charge in [0.1, 0.15) is 5.82 Å². The topological polar surface area (TPSA) is 86.1 Å². The molecule has 1 heterocycles. The first kappa shape index (κ1) is 19.8. The zero-order valence-electron chi connectivity index (χ0n) is 14.3. The van der Waals surface area contributed by atoms with Crippen molar-refractivity contribution in [3.8, 4) is 6.01 Å². The molecule has 0 amide bonds. The summed E-state index contributed by atoms with van der Waals surface area (Å²) in [5.41, 5.74) is 0. The molecule has 138 valence electrons. The lowest BCUT2D eigenvalue weighted by Crippen LogP contribution is -2.29. The summed E-state index contributed by atoms with van der Waals surface area (Å²) in [7, 11) is -3.92. The predicted molar refractivity (Wildman–Crippen MR) is 94.3 cm³/mol. The summed E-state index contributed by atoms with van der Waals surface area (Å²) in [6, 6.07) is 3.27. The minimum absolute atomic E-state index is 0.0833. The SMILES string of the molecule is CCn1c(OC(C)C)nnc1[C@@H](C)NS(=O)(=O)c1ccc(Br)c(F)c1. The monoisotopic (exact) mass is 434 g/mol. The summed E-state index contributed by atoms with van der Waals surface area (Å²) in [5.74, 6) is -0.237. The Morgan fingerprint density at radius 3 is 2.56 bits per heavy atom. The molecule has 0 unspecified atom stereocenters. The van der Waals surface area contributed by atoms with Gasteiger partial charge >= 0.3 is 6.01 Å². The van der Waals surface area contributed by atoms with E-state index in [1.165, 1.54) is 12.1 Å². The zero-order valence-corrected chi connectivity index (χ0v) is 16.7. The van der Waals surface area contributed by atoms with Gasteiger partial charge < -0.3 is 4.74 Å². The van der Waals surface area contributed by atoms with Crippen molar-refractivity contribution >= 4 is 26.0 Å². The lowest BCUT2D eigenvalue weighted by Gasteiger charge is -2.16. The van der Waals surface area contributed by atoms with Crippen LogP contribution in [0.4, 0.5) is 4.39 Å². The highest BCUT2D eigenvalue weighted by Crippen LogP contribution is 2.22. The van der Waals surface area contributed by atoms with Gasteiger partial charge in [0.15, 0.2) is 5.82 Å². The molecule has 0 fully saturated rings. The van der Waals surface area contributed by atoms with Crippen LogP contribution in [0.15, 0.2) is 27.6 Å². The molecule has 10 heteroatoms. The van der Waals surface area contributed by atoms with Gasteiger partial charge in [-0.2, -0.15) is 0 Å². The van der Waals surface area contributed by atoms with Crippen molar-refractivity contribution in [2.45, 2.75) is 51.3 Å². The molecular weight excluding hydrogens is 415 g/mol. The van der Waals surface area contributed by atoms with Gasteiger partial charge in [-0.05, 0) is 61.8 Å². The van der Waals surface area contributed by atoms with Crippen LogP contribution in [0.2, 0.25) is 0 Å². The fourth-order valence-electron chi connectivity index (χ4n) is 2.21. The smallest absolute Gasteiger partial charge is 0.317 e. The van der Waals surface area contributed by atoms with Crippen LogP contribution in [0.1, 0.15) is 39.6 Å². The van der Waals surface area contributed by atoms with Crippen molar-refractivity contribution in [1.82, 2.24) is 19.5 Å². The Kier molecular flexibility index (Phi) is 6.17. The highest BCUT2D eigenvalue weighted by molar-refractivity contribution is 9.10. The maximum absolute atomic E-state index is 13.6. The van der Waals surface area contributed by atoms with Gasteiger partial charge in [0.25, 0.3) is 0 Å². The van der Waals surface area contributed by atoms with Crippen LogP contribution in [-0.2, 0) is 16.6 Å². The van der Waals surface area contributed by atoms with Gasteiger partial charge in [0, 0.05) is 6.54 Å². The first-order chi connectivity index (χ1) is 11.7. The van der Waals surface area contributed by atoms with Crippen LogP contribution in [0.3, 0.4) is 0 Å². The predicted octanol–water partition coefficient (Wildman–Crippen LogP) is 3.03. The molecule has 0 aliphatic heterocycles. The van der Waals surface area contributed by atoms with Crippen molar-refractivity contribution in [2.75, 3.05) is 0 Å². The lowest BCUT2D eigenvalue weighted by atomic mass is 10.3. The number of aromatic nitrogens is 3. The summed E-state index contributed by atoms with van der Waals surface area (Å²) in [5, 5.41) is 8.00. The molecule has 0 saturated carbocycles. The molecule has 1 atom stereocenters. The molecule has 2 aromatic rings. The minimum Gasteiger partial charge on any atom is -0.461 e. The molecule has 7 nitrogen and oxygen atoms in total. The van der Waals surface area contributed by atoms with Gasteiger partial charge in [-0.25, -0.2) is 17.5 Å². The highest BCUT2D eigenvalue weighted by atomic mass is 79.9. The molecule has 0 aliphatic carbocycles. The quantitative estimate of drug-likeness (QED) is 0.723. The van der Waals surface area contributed by atoms with Gasteiger partial charge in [-0.1, -0.05) is 5.10 Å². The van der Waals surface area contributed by atoms with Crippen molar-refractivity contribution in [3.05, 3.63) is 34.3 Å². The summed E-state index contributed by atoms with van der Waals surface area (Å²) in [6.45, 7) is 7.77. The Labute approximate surface area is 154 Å². The molecule has 0 radical (unpaired) electrons. The second kappa shape index (κ2) is 7.79. The highest BCUT2D eigenvalue weighted by Gasteiger charge is 2.24. The van der Waals surface area contributed by atoms with Gasteiger partial charge in [-0.3, -0.25) is 4.57 Å². The van der Waals surface area contributed by atoms with Gasteiger partial charge in [0.2, 0.25) is 10.0 Å². The fraction of sp³-hybridized carbons (Fsp3) is 0.467. The Morgan fingerprint density at radius 1 is 1.32 bits per heavy atom. The summed E-state index contributed by atoms with van der Waals surface area (Å²) < 4.78 is 48.5. The number of nitrogens with zero attached hydrogens (tertiary/aromatic N) is 3. The molecule has 1 N–H and O–H groups in total. The molecule has 0 saturated heterocycles. The average Bonchev–Trinajstić information content (AvgIpc) is 2.91. The second-order valence-corrected chi connectivity index (χ2v) is 8.24. The molecular formula is C15H20BrFN4O3S. The number of rotatable bonds is 7. The number of hydrogen-bond donors (Lipinski definition) is 1. The number of halogens is 2. The maximum Gasteiger partial charge on any atom is 0.317 e. The van der Waals surface area contributed by atoms with Crippen LogP contribution in [0.5, 0.6) is 6.01 Å². The third kappa shape index (κ3) is 4.56. The average molecular weight is 435 g/mol. The standard InChI is InChI=1S/C15H20BrFN4O3S/c1-5-21-14(18-19-15(21)24-9(2)3)10(4)20-25(22,23)11-6-7-12(16)13(17)8-11/h6-10,20H,5H2,1-4H3/t10-/m1/s1. The minimum atomic E-state index is -3.92. The Balaban J connectivity index is 2.27. The maximum atomic E-state index is 13.6. The molecule has 0 spiro atoms. The third-order valence-electron chi connectivity index (χ3n) is 3.32. The lowest BCUT2D eigenvalue weighted by molar-refractivity contribution is 0.211. The van der Waals surface area contributed by atoms with Crippen molar-refractivity contribution in [1.29, 1.82) is 0 Å². The van der Waals surface area contributed by atoms with E-state index >= 15 is 0 Å². The molecule has 2 rings (SSSR count). The summed E-state index contributed by atoms with van der Waals surface area (Å²) in [6.07, 6.45) is -0.0833. The van der Waals surface area contributed by atoms with Crippen LogP contribution < -0.4 is 9.46 Å². The van der Waals surface area contributed by atoms with E-state index in [1.807, 2.05) is 20.8 Å². The van der Waals surface area contributed by atoms with E-state index in [2.05, 4.69) is 30.8 Å². The molecule has 25 heavy (non-hydrogen) atoms. The van der Waals surface area contributed by atoms with Crippen molar-refractivity contribution in [3.63, 3.8) is 0 Å². The third-order valence-corrected chi connectivity index (χ3v) is 5.50. The van der Waals surface area contributed by atoms with E-state index in [0.717, 1.165) is 6.07 Å². The molecule has 1 aromatic heterocycles. The van der Waals surface area contributed by atoms with E-state index in [9.17, 15) is 12.8 Å². The van der Waals surface area contributed by atoms with E-state index in [1.54, 1.807) is 11.5 Å². The second-order valence-electron chi connectivity index (χ2n) is 5.67. The first-order valence-electron chi connectivity index (χ1n) is 7.72. The number of ether oxygens (including phenoxy) is 1. The number of sulfonamides is 1. The number of nitrogens with one attached hydrogen (secondary N) is 1. The first-order valence-corrected chi connectivity index (χ1v) is 10.0. The Morgan fingerprint density at radius 2 is 2.00 bits per heavy atom. The normalized spacial score (nSPS) is 13.2. The van der Waals surface area contributed by atoms with E-state index in [0.29, 0.717) is 18.4 Å². The molecule has 0 bridgehead atoms. The Bertz CT molecular complexity index is 854. The van der Waals surface area contributed by atoms with E-state index < -0.39 is 21.9 Å². The van der Waals surface area contributed by atoms with Crippen LogP contribution in [0, 0.1) is 5.82 Å². The molecule has 1 aromatic carbocycles. The summed E-state index contributed by atoms with van der Waals surface area (Å²) >= 11 is 3.00. The number of benzene rings is 1. The number of hydrogen-bond acceptors (Lipinski definition) is 5. The van der Waals surface area contributed by atoms with Crippen LogP contribution in [0.25, 0.3) is 0 Å². The van der Waals surface area contributed by atoms with Gasteiger partial charge in [-0.15, -0.1) is 5.10 Å². The largest absolute Gasteiger partial charge is 0.461 e. The van der Waals surface area contributed by atoms with Crippen molar-refractivity contribution in [2.24, 2.45) is 0 Å². The molecule has 0 aliphatic rings. The summed E-state index contributed by atoms with van der Waals surface area (Å²) in [4.78, 5) is -0.165. The van der Waals surface area contributed by atoms with Gasteiger partial charge in [0.05, 0.1) is 21.5 Å². The van der Waals surface area contributed by atoms with E-state index in [-0.39, 0.29) is 15.5 Å². The van der Waals surface area contributed by atoms with Crippen LogP contribution >= 0.6 is 15.9 Å². The fourth-order valence-corrected chi connectivity index (χ4v) is 3.67. The zero-order chi connectivity index (χ0) is 18.8. The van der Waals surface area contributed by atoms with E-state index in [4.69, 9.17) is 4.74 Å². The van der Waals surface area contributed by atoms with Crippen molar-refractivity contribution < 1.29 is 17.5 Å². The Hall–Kier alpha value is -1.52. The van der Waals surface area contributed by atoms with Crippen LogP contribution in [-0.4, -0.2) is 29.3 Å².